The molecule has 2 N–H and O–H groups in total. The molecule has 0 aromatic heterocycles. The number of halogens is 1. The molecule has 1 amide bonds. The summed E-state index contributed by atoms with van der Waals surface area (Å²) in [6.45, 7) is 3.97. The van der Waals surface area contributed by atoms with Crippen LogP contribution in [-0.2, 0) is 0 Å². The lowest BCUT2D eigenvalue weighted by atomic mass is 10.1. The second kappa shape index (κ2) is 7.50. The molecule has 1 aromatic rings. The van der Waals surface area contributed by atoms with E-state index >= 15 is 0 Å². The van der Waals surface area contributed by atoms with E-state index in [9.17, 15) is 9.90 Å². The summed E-state index contributed by atoms with van der Waals surface area (Å²) in [6.07, 6.45) is 4.82. The summed E-state index contributed by atoms with van der Waals surface area (Å²) in [7, 11) is 0. The van der Waals surface area contributed by atoms with Crippen molar-refractivity contribution in [3.8, 4) is 5.75 Å². The van der Waals surface area contributed by atoms with E-state index in [2.05, 4.69) is 10.2 Å². The van der Waals surface area contributed by atoms with E-state index in [0.717, 1.165) is 13.0 Å². The van der Waals surface area contributed by atoms with E-state index in [1.54, 1.807) is 6.07 Å². The molecule has 1 aliphatic rings. The number of carbonyl (C=O) groups excluding carboxylic acids is 1. The summed E-state index contributed by atoms with van der Waals surface area (Å²) in [5.41, 5.74) is 0.232. The minimum absolute atomic E-state index is 0.0390. The molecule has 0 aliphatic carbocycles. The summed E-state index contributed by atoms with van der Waals surface area (Å²) < 4.78 is 0. The zero-order chi connectivity index (χ0) is 14.4. The Kier molecular flexibility index (Phi) is 5.68. The maximum atomic E-state index is 11.9. The second-order valence-corrected chi connectivity index (χ2v) is 5.61. The molecule has 4 nitrogen and oxygen atoms in total. The molecule has 1 aromatic carbocycles. The Balaban J connectivity index is 1.73. The lowest BCUT2D eigenvalue weighted by Gasteiger charge is -2.26. The first-order valence-corrected chi connectivity index (χ1v) is 7.53. The Bertz CT molecular complexity index is 459. The van der Waals surface area contributed by atoms with Crippen molar-refractivity contribution in [2.24, 2.45) is 0 Å². The number of hydrogen-bond acceptors (Lipinski definition) is 3. The van der Waals surface area contributed by atoms with Crippen LogP contribution >= 0.6 is 11.6 Å². The smallest absolute Gasteiger partial charge is 0.255 e. The van der Waals surface area contributed by atoms with Crippen LogP contribution in [0, 0.1) is 0 Å². The van der Waals surface area contributed by atoms with Gasteiger partial charge in [0.1, 0.15) is 5.75 Å². The van der Waals surface area contributed by atoms with Gasteiger partial charge in [-0.2, -0.15) is 0 Å². The average molecular weight is 297 g/mol. The van der Waals surface area contributed by atoms with E-state index in [1.807, 2.05) is 0 Å². The maximum Gasteiger partial charge on any atom is 0.255 e. The van der Waals surface area contributed by atoms with E-state index in [4.69, 9.17) is 11.6 Å². The predicted molar refractivity (Wildman–Crippen MR) is 80.4 cm³/mol. The molecule has 0 saturated carbocycles. The molecule has 0 radical (unpaired) electrons. The van der Waals surface area contributed by atoms with Crippen molar-refractivity contribution in [2.45, 2.75) is 25.7 Å². The maximum absolute atomic E-state index is 11.9. The topological polar surface area (TPSA) is 52.6 Å². The number of benzene rings is 1. The summed E-state index contributed by atoms with van der Waals surface area (Å²) >= 11 is 5.83. The minimum Gasteiger partial charge on any atom is -0.507 e. The highest BCUT2D eigenvalue weighted by atomic mass is 35.5. The Labute approximate surface area is 124 Å². The van der Waals surface area contributed by atoms with Crippen LogP contribution < -0.4 is 5.32 Å². The summed E-state index contributed by atoms with van der Waals surface area (Å²) in [6, 6.07) is 4.48. The van der Waals surface area contributed by atoms with E-state index in [1.165, 1.54) is 44.5 Å². The van der Waals surface area contributed by atoms with Crippen molar-refractivity contribution in [1.82, 2.24) is 10.2 Å². The largest absolute Gasteiger partial charge is 0.507 e. The van der Waals surface area contributed by atoms with Gasteiger partial charge < -0.3 is 15.3 Å². The highest BCUT2D eigenvalue weighted by Crippen LogP contribution is 2.21. The fourth-order valence-electron chi connectivity index (χ4n) is 2.47. The van der Waals surface area contributed by atoms with Crippen molar-refractivity contribution >= 4 is 17.5 Å². The standard InChI is InChI=1S/C15H21ClN2O2/c16-12-5-6-14(19)13(11-12)15(20)17-7-4-10-18-8-2-1-3-9-18/h5-6,11,19H,1-4,7-10H2,(H,17,20). The molecule has 5 heteroatoms. The minimum atomic E-state index is -0.274. The average Bonchev–Trinajstić information content (AvgIpc) is 2.47. The Morgan fingerprint density at radius 2 is 2.05 bits per heavy atom. The van der Waals surface area contributed by atoms with Gasteiger partial charge in [-0.25, -0.2) is 0 Å². The molecule has 0 unspecified atom stereocenters. The van der Waals surface area contributed by atoms with Gasteiger partial charge in [0, 0.05) is 11.6 Å². The van der Waals surface area contributed by atoms with Gasteiger partial charge in [-0.3, -0.25) is 4.79 Å². The fraction of sp³-hybridized carbons (Fsp3) is 0.533. The molecule has 0 atom stereocenters. The van der Waals surface area contributed by atoms with Gasteiger partial charge in [0.2, 0.25) is 0 Å². The van der Waals surface area contributed by atoms with Crippen LogP contribution in [0.3, 0.4) is 0 Å². The van der Waals surface area contributed by atoms with Gasteiger partial charge in [0.05, 0.1) is 5.56 Å². The molecule has 2 rings (SSSR count). The highest BCUT2D eigenvalue weighted by molar-refractivity contribution is 6.31. The number of hydrogen-bond donors (Lipinski definition) is 2. The van der Waals surface area contributed by atoms with Gasteiger partial charge in [-0.05, 0) is 57.1 Å². The molecule has 1 saturated heterocycles. The molecular formula is C15H21ClN2O2. The molecule has 20 heavy (non-hydrogen) atoms. The molecule has 1 fully saturated rings. The quantitative estimate of drug-likeness (QED) is 0.821. The van der Waals surface area contributed by atoms with Gasteiger partial charge in [0.15, 0.2) is 0 Å². The van der Waals surface area contributed by atoms with Gasteiger partial charge in [-0.1, -0.05) is 18.0 Å². The summed E-state index contributed by atoms with van der Waals surface area (Å²) in [4.78, 5) is 14.4. The van der Waals surface area contributed by atoms with Crippen LogP contribution in [0.4, 0.5) is 0 Å². The number of rotatable bonds is 5. The number of amides is 1. The second-order valence-electron chi connectivity index (χ2n) is 5.17. The first kappa shape index (κ1) is 15.1. The Morgan fingerprint density at radius 3 is 2.80 bits per heavy atom. The van der Waals surface area contributed by atoms with Crippen molar-refractivity contribution in [3.63, 3.8) is 0 Å². The zero-order valence-electron chi connectivity index (χ0n) is 11.6. The number of phenols is 1. The molecule has 110 valence electrons. The SMILES string of the molecule is O=C(NCCCN1CCCCC1)c1cc(Cl)ccc1O. The van der Waals surface area contributed by atoms with E-state index in [-0.39, 0.29) is 17.2 Å². The van der Waals surface area contributed by atoms with Crippen molar-refractivity contribution in [1.29, 1.82) is 0 Å². The Morgan fingerprint density at radius 1 is 1.30 bits per heavy atom. The van der Waals surface area contributed by atoms with Crippen LogP contribution in [0.15, 0.2) is 18.2 Å². The summed E-state index contributed by atoms with van der Waals surface area (Å²) in [5.74, 6) is -0.313. The van der Waals surface area contributed by atoms with Crippen LogP contribution in [-0.4, -0.2) is 42.1 Å². The number of phenolic OH excluding ortho intramolecular Hbond substituents is 1. The van der Waals surface area contributed by atoms with Crippen molar-refractivity contribution in [2.75, 3.05) is 26.2 Å². The number of carbonyl (C=O) groups is 1. The number of nitrogens with zero attached hydrogens (tertiary/aromatic N) is 1. The van der Waals surface area contributed by atoms with Gasteiger partial charge in [0.25, 0.3) is 5.91 Å². The Hall–Kier alpha value is -1.26. The van der Waals surface area contributed by atoms with Crippen LogP contribution in [0.1, 0.15) is 36.0 Å². The third-order valence-electron chi connectivity index (χ3n) is 3.59. The first-order valence-electron chi connectivity index (χ1n) is 7.16. The molecule has 1 heterocycles. The molecule has 0 bridgehead atoms. The molecule has 0 spiro atoms. The van der Waals surface area contributed by atoms with Crippen LogP contribution in [0.5, 0.6) is 5.75 Å². The van der Waals surface area contributed by atoms with E-state index < -0.39 is 0 Å². The fourth-order valence-corrected chi connectivity index (χ4v) is 2.65. The number of aromatic hydroxyl groups is 1. The first-order chi connectivity index (χ1) is 9.66. The lowest BCUT2D eigenvalue weighted by molar-refractivity contribution is 0.0948. The van der Waals surface area contributed by atoms with Crippen LogP contribution in [0.25, 0.3) is 0 Å². The van der Waals surface area contributed by atoms with Gasteiger partial charge in [-0.15, -0.1) is 0 Å². The van der Waals surface area contributed by atoms with Gasteiger partial charge >= 0.3 is 0 Å². The number of piperidine rings is 1. The zero-order valence-corrected chi connectivity index (χ0v) is 12.3. The number of nitrogens with one attached hydrogen (secondary N) is 1. The van der Waals surface area contributed by atoms with Crippen molar-refractivity contribution < 1.29 is 9.90 Å². The van der Waals surface area contributed by atoms with Crippen LogP contribution in [0.2, 0.25) is 5.02 Å². The lowest BCUT2D eigenvalue weighted by Crippen LogP contribution is -2.33. The summed E-state index contributed by atoms with van der Waals surface area (Å²) in [5, 5.41) is 12.9. The van der Waals surface area contributed by atoms with E-state index in [0.29, 0.717) is 11.6 Å². The monoisotopic (exact) mass is 296 g/mol. The van der Waals surface area contributed by atoms with Crippen molar-refractivity contribution in [3.05, 3.63) is 28.8 Å². The predicted octanol–water partition coefficient (Wildman–Crippen LogP) is 2.65. The molecule has 1 aliphatic heterocycles. The highest BCUT2D eigenvalue weighted by Gasteiger charge is 2.12. The third kappa shape index (κ3) is 4.39. The number of likely N-dealkylation sites (tertiary alicyclic amines) is 1. The normalized spacial score (nSPS) is 16.1. The third-order valence-corrected chi connectivity index (χ3v) is 3.82. The molecular weight excluding hydrogens is 276 g/mol.